The Morgan fingerprint density at radius 3 is 2.45 bits per heavy atom. The van der Waals surface area contributed by atoms with Crippen molar-refractivity contribution >= 4 is 5.78 Å². The lowest BCUT2D eigenvalue weighted by atomic mass is 9.80. The summed E-state index contributed by atoms with van der Waals surface area (Å²) in [5, 5.41) is 0. The largest absolute Gasteiger partial charge is 0.496 e. The first-order valence-corrected chi connectivity index (χ1v) is 7.37. The molecule has 1 aromatic carbocycles. The van der Waals surface area contributed by atoms with Gasteiger partial charge in [0.25, 0.3) is 0 Å². The van der Waals surface area contributed by atoms with Crippen LogP contribution in [-0.4, -0.2) is 19.0 Å². The number of carbonyl (C=O) groups is 1. The zero-order valence-electron chi connectivity index (χ0n) is 12.8. The minimum absolute atomic E-state index is 0.0188. The molecule has 0 radical (unpaired) electrons. The Morgan fingerprint density at radius 1 is 1.15 bits per heavy atom. The maximum absolute atomic E-state index is 11.8. The van der Waals surface area contributed by atoms with Crippen molar-refractivity contribution in [1.29, 1.82) is 0 Å². The van der Waals surface area contributed by atoms with Crippen LogP contribution in [0.1, 0.15) is 50.4 Å². The average molecular weight is 276 g/mol. The first-order valence-electron chi connectivity index (χ1n) is 7.37. The Bertz CT molecular complexity index is 481. The molecule has 2 rings (SSSR count). The van der Waals surface area contributed by atoms with Gasteiger partial charge in [0.2, 0.25) is 0 Å². The van der Waals surface area contributed by atoms with Gasteiger partial charge in [0, 0.05) is 0 Å². The minimum atomic E-state index is -0.0188. The molecule has 0 bridgehead atoms. The van der Waals surface area contributed by atoms with E-state index >= 15 is 0 Å². The van der Waals surface area contributed by atoms with E-state index in [2.05, 4.69) is 13.8 Å². The van der Waals surface area contributed by atoms with E-state index in [1.165, 1.54) is 6.42 Å². The van der Waals surface area contributed by atoms with Gasteiger partial charge in [-0.25, -0.2) is 0 Å². The van der Waals surface area contributed by atoms with Crippen molar-refractivity contribution in [1.82, 2.24) is 0 Å². The molecule has 0 amide bonds. The van der Waals surface area contributed by atoms with Gasteiger partial charge in [-0.2, -0.15) is 0 Å². The molecule has 3 atom stereocenters. The van der Waals surface area contributed by atoms with Gasteiger partial charge in [0.05, 0.1) is 13.2 Å². The minimum Gasteiger partial charge on any atom is -0.496 e. The molecular weight excluding hydrogens is 252 g/mol. The Balaban J connectivity index is 2.19. The molecule has 1 aromatic rings. The Hall–Kier alpha value is -1.51. The number of ketones is 1. The summed E-state index contributed by atoms with van der Waals surface area (Å²) in [5.41, 5.74) is 0.557. The van der Waals surface area contributed by atoms with Crippen molar-refractivity contribution in [2.45, 2.75) is 46.1 Å². The molecule has 3 heteroatoms. The van der Waals surface area contributed by atoms with Gasteiger partial charge >= 0.3 is 0 Å². The number of methoxy groups -OCH3 is 1. The molecule has 110 valence electrons. The Morgan fingerprint density at radius 2 is 1.85 bits per heavy atom. The highest BCUT2D eigenvalue weighted by Gasteiger charge is 2.27. The zero-order valence-corrected chi connectivity index (χ0v) is 12.8. The number of rotatable bonds is 4. The highest BCUT2D eigenvalue weighted by atomic mass is 16.5. The molecule has 0 heterocycles. The maximum atomic E-state index is 11.8. The van der Waals surface area contributed by atoms with Crippen LogP contribution in [0.15, 0.2) is 18.2 Å². The number of hydrogen-bond acceptors (Lipinski definition) is 3. The molecular formula is C17H24O3. The molecule has 0 aromatic heterocycles. The molecule has 1 aliphatic rings. The summed E-state index contributed by atoms with van der Waals surface area (Å²) in [6, 6.07) is 5.53. The lowest BCUT2D eigenvalue weighted by molar-refractivity contribution is 0.0934. The Labute approximate surface area is 121 Å². The maximum Gasteiger partial charge on any atom is 0.167 e. The smallest absolute Gasteiger partial charge is 0.167 e. The highest BCUT2D eigenvalue weighted by molar-refractivity contribution is 5.99. The van der Waals surface area contributed by atoms with E-state index in [0.717, 1.165) is 18.8 Å². The second-order valence-corrected chi connectivity index (χ2v) is 5.90. The molecule has 0 aliphatic heterocycles. The van der Waals surface area contributed by atoms with Gasteiger partial charge in [-0.05, 0) is 50.2 Å². The van der Waals surface area contributed by atoms with Gasteiger partial charge < -0.3 is 9.47 Å². The van der Waals surface area contributed by atoms with E-state index in [1.54, 1.807) is 20.1 Å². The molecule has 0 N–H and O–H groups in total. The molecule has 0 spiro atoms. The van der Waals surface area contributed by atoms with Crippen LogP contribution in [0.4, 0.5) is 0 Å². The monoisotopic (exact) mass is 276 g/mol. The van der Waals surface area contributed by atoms with E-state index in [1.807, 2.05) is 12.1 Å². The lowest BCUT2D eigenvalue weighted by Crippen LogP contribution is -2.29. The Kier molecular flexibility index (Phi) is 4.69. The van der Waals surface area contributed by atoms with E-state index in [-0.39, 0.29) is 11.9 Å². The predicted molar refractivity (Wildman–Crippen MR) is 79.6 cm³/mol. The molecule has 3 unspecified atom stereocenters. The summed E-state index contributed by atoms with van der Waals surface area (Å²) in [6.45, 7) is 6.13. The SMILES string of the molecule is COc1cccc(OC2CCC(C)C(C)C2)c1C(C)=O. The van der Waals surface area contributed by atoms with Crippen molar-refractivity contribution in [3.8, 4) is 11.5 Å². The molecule has 1 saturated carbocycles. The third-order valence-electron chi connectivity index (χ3n) is 4.40. The summed E-state index contributed by atoms with van der Waals surface area (Å²) in [5.74, 6) is 2.65. The van der Waals surface area contributed by atoms with Crippen molar-refractivity contribution in [3.63, 3.8) is 0 Å². The van der Waals surface area contributed by atoms with Crippen molar-refractivity contribution in [3.05, 3.63) is 23.8 Å². The molecule has 1 aliphatic carbocycles. The first-order chi connectivity index (χ1) is 9.52. The summed E-state index contributed by atoms with van der Waals surface area (Å²) >= 11 is 0. The van der Waals surface area contributed by atoms with Gasteiger partial charge in [-0.1, -0.05) is 19.9 Å². The standard InChI is InChI=1S/C17H24O3/c1-11-8-9-14(10-12(11)2)20-16-7-5-6-15(19-4)17(16)13(3)18/h5-7,11-12,14H,8-10H2,1-4H3. The second kappa shape index (κ2) is 6.29. The van der Waals surface area contributed by atoms with Gasteiger partial charge in [-0.15, -0.1) is 0 Å². The van der Waals surface area contributed by atoms with E-state index < -0.39 is 0 Å². The fraction of sp³-hybridized carbons (Fsp3) is 0.588. The van der Waals surface area contributed by atoms with E-state index in [0.29, 0.717) is 23.0 Å². The second-order valence-electron chi connectivity index (χ2n) is 5.90. The summed E-state index contributed by atoms with van der Waals surface area (Å²) in [4.78, 5) is 11.8. The molecule has 1 fully saturated rings. The van der Waals surface area contributed by atoms with Crippen LogP contribution >= 0.6 is 0 Å². The van der Waals surface area contributed by atoms with Gasteiger partial charge in [0.1, 0.15) is 17.1 Å². The molecule has 0 saturated heterocycles. The van der Waals surface area contributed by atoms with Crippen LogP contribution in [0, 0.1) is 11.8 Å². The number of ether oxygens (including phenoxy) is 2. The quantitative estimate of drug-likeness (QED) is 0.777. The van der Waals surface area contributed by atoms with Gasteiger partial charge in [-0.3, -0.25) is 4.79 Å². The van der Waals surface area contributed by atoms with E-state index in [4.69, 9.17) is 9.47 Å². The van der Waals surface area contributed by atoms with E-state index in [9.17, 15) is 4.79 Å². The van der Waals surface area contributed by atoms with Crippen molar-refractivity contribution in [2.24, 2.45) is 11.8 Å². The number of hydrogen-bond donors (Lipinski definition) is 0. The fourth-order valence-corrected chi connectivity index (χ4v) is 2.91. The van der Waals surface area contributed by atoms with Crippen LogP contribution in [0.25, 0.3) is 0 Å². The summed E-state index contributed by atoms with van der Waals surface area (Å²) in [7, 11) is 1.58. The summed E-state index contributed by atoms with van der Waals surface area (Å²) < 4.78 is 11.4. The third-order valence-corrected chi connectivity index (χ3v) is 4.40. The van der Waals surface area contributed by atoms with Crippen LogP contribution in [0.5, 0.6) is 11.5 Å². The van der Waals surface area contributed by atoms with Crippen LogP contribution < -0.4 is 9.47 Å². The average Bonchev–Trinajstić information content (AvgIpc) is 2.42. The number of benzene rings is 1. The predicted octanol–water partition coefficient (Wildman–Crippen LogP) is 4.10. The molecule has 20 heavy (non-hydrogen) atoms. The van der Waals surface area contributed by atoms with Crippen molar-refractivity contribution < 1.29 is 14.3 Å². The normalized spacial score (nSPS) is 26.1. The lowest BCUT2D eigenvalue weighted by Gasteiger charge is -2.32. The number of carbonyl (C=O) groups excluding carboxylic acids is 1. The third kappa shape index (κ3) is 3.14. The zero-order chi connectivity index (χ0) is 14.7. The van der Waals surface area contributed by atoms with Crippen LogP contribution in [-0.2, 0) is 0 Å². The highest BCUT2D eigenvalue weighted by Crippen LogP contribution is 2.35. The fourth-order valence-electron chi connectivity index (χ4n) is 2.91. The van der Waals surface area contributed by atoms with Crippen LogP contribution in [0.2, 0.25) is 0 Å². The number of Topliss-reactive ketones (excluding diaryl/α,β-unsaturated/α-hetero) is 1. The topological polar surface area (TPSA) is 35.5 Å². The summed E-state index contributed by atoms with van der Waals surface area (Å²) in [6.07, 6.45) is 3.49. The van der Waals surface area contributed by atoms with Crippen LogP contribution in [0.3, 0.4) is 0 Å². The van der Waals surface area contributed by atoms with Crippen molar-refractivity contribution in [2.75, 3.05) is 7.11 Å². The molecule has 3 nitrogen and oxygen atoms in total. The van der Waals surface area contributed by atoms with Gasteiger partial charge in [0.15, 0.2) is 5.78 Å². The first kappa shape index (κ1) is 14.9.